The van der Waals surface area contributed by atoms with Crippen molar-refractivity contribution >= 4 is 23.4 Å². The Bertz CT molecular complexity index is 371. The highest BCUT2D eigenvalue weighted by Gasteiger charge is 2.12. The van der Waals surface area contributed by atoms with E-state index in [2.05, 4.69) is 19.2 Å². The van der Waals surface area contributed by atoms with E-state index in [0.717, 1.165) is 28.5 Å². The molecule has 0 saturated carbocycles. The van der Waals surface area contributed by atoms with Crippen LogP contribution in [-0.4, -0.2) is 31.2 Å². The summed E-state index contributed by atoms with van der Waals surface area (Å²) in [5.41, 5.74) is 1.16. The van der Waals surface area contributed by atoms with Gasteiger partial charge in [-0.1, -0.05) is 25.4 Å². The number of halogens is 1. The zero-order chi connectivity index (χ0) is 13.5. The zero-order valence-corrected chi connectivity index (χ0v) is 13.1. The maximum atomic E-state index is 6.05. The first kappa shape index (κ1) is 15.7. The van der Waals surface area contributed by atoms with Crippen LogP contribution in [0.4, 0.5) is 0 Å². The third-order valence-corrected chi connectivity index (χ3v) is 4.24. The molecule has 0 aliphatic carbocycles. The first-order valence-electron chi connectivity index (χ1n) is 6.18. The van der Waals surface area contributed by atoms with Crippen LogP contribution in [-0.2, 0) is 6.42 Å². The van der Waals surface area contributed by atoms with Crippen LogP contribution >= 0.6 is 23.4 Å². The maximum absolute atomic E-state index is 6.05. The molecule has 1 unspecified atom stereocenters. The van der Waals surface area contributed by atoms with E-state index >= 15 is 0 Å². The number of benzene rings is 1. The summed E-state index contributed by atoms with van der Waals surface area (Å²) in [4.78, 5) is 0. The van der Waals surface area contributed by atoms with Gasteiger partial charge in [-0.05, 0) is 42.5 Å². The van der Waals surface area contributed by atoms with Crippen LogP contribution in [0.3, 0.4) is 0 Å². The van der Waals surface area contributed by atoms with Gasteiger partial charge in [-0.15, -0.1) is 0 Å². The monoisotopic (exact) mass is 287 g/mol. The number of rotatable bonds is 7. The van der Waals surface area contributed by atoms with Gasteiger partial charge in [0.2, 0.25) is 0 Å². The van der Waals surface area contributed by atoms with Gasteiger partial charge in [-0.3, -0.25) is 0 Å². The molecule has 1 aromatic carbocycles. The van der Waals surface area contributed by atoms with Crippen molar-refractivity contribution in [2.45, 2.75) is 31.6 Å². The van der Waals surface area contributed by atoms with Gasteiger partial charge in [0.25, 0.3) is 0 Å². The molecule has 1 rings (SSSR count). The molecule has 0 aromatic heterocycles. The average molecular weight is 288 g/mol. The molecule has 18 heavy (non-hydrogen) atoms. The number of thioether (sulfide) groups is 1. The molecule has 0 radical (unpaired) electrons. The van der Waals surface area contributed by atoms with Gasteiger partial charge in [0.05, 0.1) is 7.11 Å². The minimum Gasteiger partial charge on any atom is -0.496 e. The fourth-order valence-corrected chi connectivity index (χ4v) is 2.82. The van der Waals surface area contributed by atoms with E-state index in [1.54, 1.807) is 7.11 Å². The third-order valence-electron chi connectivity index (χ3n) is 2.75. The standard InChI is InChI=1S/C14H22ClNOS/c1-10(2)18-9-13(16-3)8-11-7-12(15)5-6-14(11)17-4/h5-7,10,13,16H,8-9H2,1-4H3. The van der Waals surface area contributed by atoms with Gasteiger partial charge in [-0.2, -0.15) is 11.8 Å². The molecule has 0 aliphatic rings. The summed E-state index contributed by atoms with van der Waals surface area (Å²) in [5.74, 6) is 2.00. The molecule has 0 saturated heterocycles. The quantitative estimate of drug-likeness (QED) is 0.828. The first-order chi connectivity index (χ1) is 8.56. The van der Waals surface area contributed by atoms with E-state index in [1.807, 2.05) is 37.0 Å². The first-order valence-corrected chi connectivity index (χ1v) is 7.60. The van der Waals surface area contributed by atoms with Crippen LogP contribution in [0.2, 0.25) is 5.02 Å². The SMILES string of the molecule is CNC(CSC(C)C)Cc1cc(Cl)ccc1OC. The molecule has 0 spiro atoms. The lowest BCUT2D eigenvalue weighted by Crippen LogP contribution is -2.30. The Morgan fingerprint density at radius 1 is 1.39 bits per heavy atom. The molecular formula is C14H22ClNOS. The van der Waals surface area contributed by atoms with Gasteiger partial charge in [0.1, 0.15) is 5.75 Å². The van der Waals surface area contributed by atoms with Crippen molar-refractivity contribution in [3.63, 3.8) is 0 Å². The molecule has 1 atom stereocenters. The molecule has 2 nitrogen and oxygen atoms in total. The van der Waals surface area contributed by atoms with Gasteiger partial charge in [-0.25, -0.2) is 0 Å². The predicted molar refractivity (Wildman–Crippen MR) is 82.1 cm³/mol. The highest BCUT2D eigenvalue weighted by Crippen LogP contribution is 2.24. The lowest BCUT2D eigenvalue weighted by atomic mass is 10.1. The van der Waals surface area contributed by atoms with Crippen LogP contribution in [0.5, 0.6) is 5.75 Å². The highest BCUT2D eigenvalue weighted by molar-refractivity contribution is 7.99. The topological polar surface area (TPSA) is 21.3 Å². The molecule has 102 valence electrons. The summed E-state index contributed by atoms with van der Waals surface area (Å²) in [6, 6.07) is 6.22. The van der Waals surface area contributed by atoms with Crippen molar-refractivity contribution < 1.29 is 4.74 Å². The number of hydrogen-bond donors (Lipinski definition) is 1. The minimum atomic E-state index is 0.435. The summed E-state index contributed by atoms with van der Waals surface area (Å²) in [6.07, 6.45) is 0.931. The summed E-state index contributed by atoms with van der Waals surface area (Å²) < 4.78 is 5.38. The number of ether oxygens (including phenoxy) is 1. The fraction of sp³-hybridized carbons (Fsp3) is 0.571. The lowest BCUT2D eigenvalue weighted by Gasteiger charge is -2.18. The Hall–Kier alpha value is -0.380. The van der Waals surface area contributed by atoms with Crippen LogP contribution in [0, 0.1) is 0 Å². The number of methoxy groups -OCH3 is 1. The van der Waals surface area contributed by atoms with Crippen molar-refractivity contribution in [3.05, 3.63) is 28.8 Å². The predicted octanol–water partition coefficient (Wildman–Crippen LogP) is 3.62. The molecule has 1 N–H and O–H groups in total. The van der Waals surface area contributed by atoms with E-state index in [4.69, 9.17) is 16.3 Å². The van der Waals surface area contributed by atoms with E-state index in [9.17, 15) is 0 Å². The Labute approximate surface area is 119 Å². The van der Waals surface area contributed by atoms with E-state index < -0.39 is 0 Å². The smallest absolute Gasteiger partial charge is 0.122 e. The molecule has 0 amide bonds. The third kappa shape index (κ3) is 5.09. The minimum absolute atomic E-state index is 0.435. The van der Waals surface area contributed by atoms with Crippen molar-refractivity contribution in [2.24, 2.45) is 0 Å². The fourth-order valence-electron chi connectivity index (χ4n) is 1.73. The van der Waals surface area contributed by atoms with Crippen molar-refractivity contribution in [1.29, 1.82) is 0 Å². The molecule has 1 aromatic rings. The van der Waals surface area contributed by atoms with Gasteiger partial charge < -0.3 is 10.1 Å². The molecule has 4 heteroatoms. The van der Waals surface area contributed by atoms with Crippen molar-refractivity contribution in [3.8, 4) is 5.75 Å². The number of nitrogens with one attached hydrogen (secondary N) is 1. The molecule has 0 heterocycles. The second-order valence-electron chi connectivity index (χ2n) is 4.53. The van der Waals surface area contributed by atoms with Crippen LogP contribution in [0.1, 0.15) is 19.4 Å². The van der Waals surface area contributed by atoms with E-state index in [0.29, 0.717) is 11.3 Å². The molecule has 0 fully saturated rings. The maximum Gasteiger partial charge on any atom is 0.122 e. The summed E-state index contributed by atoms with van der Waals surface area (Å²) in [7, 11) is 3.70. The second kappa shape index (κ2) is 7.93. The number of hydrogen-bond acceptors (Lipinski definition) is 3. The largest absolute Gasteiger partial charge is 0.496 e. The summed E-state index contributed by atoms with van der Waals surface area (Å²) in [5, 5.41) is 4.77. The van der Waals surface area contributed by atoms with Gasteiger partial charge in [0, 0.05) is 16.8 Å². The molecule has 0 aliphatic heterocycles. The van der Waals surface area contributed by atoms with Gasteiger partial charge >= 0.3 is 0 Å². The average Bonchev–Trinajstić information content (AvgIpc) is 2.34. The van der Waals surface area contributed by atoms with Crippen molar-refractivity contribution in [2.75, 3.05) is 19.9 Å². The number of likely N-dealkylation sites (N-methyl/N-ethyl adjacent to an activating group) is 1. The zero-order valence-electron chi connectivity index (χ0n) is 11.5. The highest BCUT2D eigenvalue weighted by atomic mass is 35.5. The summed E-state index contributed by atoms with van der Waals surface area (Å²) in [6.45, 7) is 4.44. The summed E-state index contributed by atoms with van der Waals surface area (Å²) >= 11 is 8.01. The van der Waals surface area contributed by atoms with Crippen LogP contribution in [0.15, 0.2) is 18.2 Å². The van der Waals surface area contributed by atoms with Crippen LogP contribution < -0.4 is 10.1 Å². The second-order valence-corrected chi connectivity index (χ2v) is 6.57. The van der Waals surface area contributed by atoms with E-state index in [-0.39, 0.29) is 0 Å². The molecular weight excluding hydrogens is 266 g/mol. The normalized spacial score (nSPS) is 12.8. The Balaban J connectivity index is 2.71. The van der Waals surface area contributed by atoms with Gasteiger partial charge in [0.15, 0.2) is 0 Å². The van der Waals surface area contributed by atoms with Crippen LogP contribution in [0.25, 0.3) is 0 Å². The van der Waals surface area contributed by atoms with Crippen molar-refractivity contribution in [1.82, 2.24) is 5.32 Å². The Kier molecular flexibility index (Phi) is 6.90. The lowest BCUT2D eigenvalue weighted by molar-refractivity contribution is 0.407. The van der Waals surface area contributed by atoms with E-state index in [1.165, 1.54) is 0 Å². The Morgan fingerprint density at radius 2 is 2.11 bits per heavy atom. The molecule has 0 bridgehead atoms. The Morgan fingerprint density at radius 3 is 2.67 bits per heavy atom.